The Bertz CT molecular complexity index is 2070. The Morgan fingerprint density at radius 3 is 1.50 bits per heavy atom. The van der Waals surface area contributed by atoms with E-state index in [1.165, 1.54) is 31.2 Å². The second-order valence-electron chi connectivity index (χ2n) is 11.8. The van der Waals surface area contributed by atoms with Gasteiger partial charge in [-0.05, 0) is 44.7 Å². The minimum atomic E-state index is -4.75. The van der Waals surface area contributed by atoms with Crippen molar-refractivity contribution in [2.45, 2.75) is 67.3 Å². The van der Waals surface area contributed by atoms with Crippen LogP contribution in [0.1, 0.15) is 45.4 Å². The van der Waals surface area contributed by atoms with Crippen molar-refractivity contribution in [3.05, 3.63) is 42.5 Å². The van der Waals surface area contributed by atoms with E-state index in [9.17, 15) is 41.4 Å². The first-order valence-corrected chi connectivity index (χ1v) is 18.4. The number of nitrogens with one attached hydrogen (secondary N) is 2. The molecule has 0 aliphatic heterocycles. The molecule has 0 amide bonds. The predicted molar refractivity (Wildman–Crippen MR) is 183 cm³/mol. The monoisotopic (exact) mass is 734 g/mol. The van der Waals surface area contributed by atoms with Crippen LogP contribution < -0.4 is 25.6 Å². The van der Waals surface area contributed by atoms with Gasteiger partial charge in [0.05, 0.1) is 0 Å². The third-order valence-electron chi connectivity index (χ3n) is 8.07. The number of benzene rings is 4. The Kier molecular flexibility index (Phi) is 11.6. The molecule has 10 N–H and O–H groups in total. The van der Waals surface area contributed by atoms with Crippen molar-refractivity contribution < 1.29 is 56.4 Å². The number of aliphatic carboxylic acids is 2. The lowest BCUT2D eigenvalue weighted by Crippen LogP contribution is -2.31. The molecule has 2 atom stereocenters. The molecule has 0 aromatic heterocycles. The maximum atomic E-state index is 14.2. The summed E-state index contributed by atoms with van der Waals surface area (Å²) in [4.78, 5) is 33.7. The molecule has 4 aromatic carbocycles. The number of hydrogen-bond acceptors (Lipinski definition) is 12. The third-order valence-corrected chi connectivity index (χ3v) is 11.1. The van der Waals surface area contributed by atoms with Crippen molar-refractivity contribution in [1.29, 1.82) is 0 Å². The van der Waals surface area contributed by atoms with Crippen LogP contribution in [-0.4, -0.2) is 80.3 Å². The molecule has 0 saturated carbocycles. The van der Waals surface area contributed by atoms with E-state index in [4.69, 9.17) is 26.4 Å². The van der Waals surface area contributed by atoms with E-state index in [2.05, 4.69) is 16.0 Å². The largest absolute Gasteiger partial charge is 0.507 e. The molecule has 270 valence electrons. The smallest absolute Gasteiger partial charge is 0.338 e. The molecule has 0 spiro atoms. The van der Waals surface area contributed by atoms with Gasteiger partial charge in [-0.1, -0.05) is 31.6 Å². The van der Waals surface area contributed by atoms with Crippen LogP contribution in [0.4, 0.5) is 0 Å². The molecule has 16 nitrogen and oxygen atoms in total. The first-order valence-electron chi connectivity index (χ1n) is 15.4. The average Bonchev–Trinajstić information content (AvgIpc) is 3.03. The zero-order valence-corrected chi connectivity index (χ0v) is 28.6. The standard InChI is InChI=1S/C32H38N4O12S2/c1-16(2)32(43)48-27-28(49(44,45)35-13-5-3-7-21(33)30(39)40)19-11-9-17-23(37)15-24(38)18-10-12-20(26(19)25(17)18)29(27)50(46,47)36-14-6-4-8-22(34)31(41)42/h9-12,15,21-22,35-38H,1,3-8,13-14,33-34H2,2H3,(H,39,40)(H,41,42). The number of aromatic hydroxyl groups is 2. The molecule has 4 aromatic rings. The van der Waals surface area contributed by atoms with Gasteiger partial charge < -0.3 is 36.6 Å². The van der Waals surface area contributed by atoms with E-state index < -0.39 is 65.6 Å². The normalized spacial score (nSPS) is 13.5. The van der Waals surface area contributed by atoms with Crippen LogP contribution in [-0.2, 0) is 34.4 Å². The Hall–Kier alpha value is -4.59. The van der Waals surface area contributed by atoms with E-state index in [1.54, 1.807) is 0 Å². The van der Waals surface area contributed by atoms with Crippen molar-refractivity contribution in [1.82, 2.24) is 9.44 Å². The Morgan fingerprint density at radius 2 is 1.12 bits per heavy atom. The molecule has 0 aliphatic carbocycles. The van der Waals surface area contributed by atoms with Gasteiger partial charge in [0, 0.05) is 57.0 Å². The lowest BCUT2D eigenvalue weighted by Gasteiger charge is -2.22. The summed E-state index contributed by atoms with van der Waals surface area (Å²) in [5, 5.41) is 39.7. The van der Waals surface area contributed by atoms with Crippen LogP contribution >= 0.6 is 0 Å². The van der Waals surface area contributed by atoms with Crippen LogP contribution in [0.5, 0.6) is 17.2 Å². The highest BCUT2D eigenvalue weighted by molar-refractivity contribution is 7.90. The van der Waals surface area contributed by atoms with Crippen molar-refractivity contribution >= 4 is 70.3 Å². The number of nitrogens with two attached hydrogens (primary N) is 2. The number of unbranched alkanes of at least 4 members (excludes halogenated alkanes) is 2. The molecule has 2 unspecified atom stereocenters. The molecular weight excluding hydrogens is 697 g/mol. The van der Waals surface area contributed by atoms with Gasteiger partial charge in [-0.2, -0.15) is 0 Å². The first kappa shape index (κ1) is 38.2. The molecule has 0 radical (unpaired) electrons. The van der Waals surface area contributed by atoms with Crippen molar-refractivity contribution in [2.75, 3.05) is 13.1 Å². The lowest BCUT2D eigenvalue weighted by atomic mass is 9.93. The van der Waals surface area contributed by atoms with Gasteiger partial charge in [0.2, 0.25) is 20.0 Å². The molecular formula is C32H38N4O12S2. The molecule has 0 fully saturated rings. The van der Waals surface area contributed by atoms with E-state index >= 15 is 0 Å². The number of esters is 1. The maximum absolute atomic E-state index is 14.2. The van der Waals surface area contributed by atoms with E-state index in [0.29, 0.717) is 0 Å². The summed E-state index contributed by atoms with van der Waals surface area (Å²) >= 11 is 0. The van der Waals surface area contributed by atoms with Crippen LogP contribution in [0.15, 0.2) is 52.3 Å². The van der Waals surface area contributed by atoms with Crippen LogP contribution in [0, 0.1) is 0 Å². The minimum Gasteiger partial charge on any atom is -0.507 e. The number of hydrogen-bond donors (Lipinski definition) is 8. The highest BCUT2D eigenvalue weighted by Gasteiger charge is 2.36. The topological polar surface area (TPSA) is 286 Å². The minimum absolute atomic E-state index is 0.0157. The number of phenols is 2. The maximum Gasteiger partial charge on any atom is 0.338 e. The second-order valence-corrected chi connectivity index (χ2v) is 15.2. The zero-order valence-electron chi connectivity index (χ0n) is 26.9. The Labute approximate surface area is 287 Å². The van der Waals surface area contributed by atoms with E-state index in [0.717, 1.165) is 6.07 Å². The fourth-order valence-corrected chi connectivity index (χ4v) is 8.40. The Balaban J connectivity index is 1.95. The highest BCUT2D eigenvalue weighted by atomic mass is 32.2. The molecule has 0 saturated heterocycles. The molecule has 18 heteroatoms. The number of sulfonamides is 2. The van der Waals surface area contributed by atoms with Crippen LogP contribution in [0.25, 0.3) is 32.3 Å². The van der Waals surface area contributed by atoms with Gasteiger partial charge in [0.25, 0.3) is 0 Å². The number of rotatable bonds is 18. The summed E-state index contributed by atoms with van der Waals surface area (Å²) in [6.45, 7) is 4.34. The number of carboxylic acid groups (broad SMARTS) is 2. The SMILES string of the molecule is C=C(C)C(=O)Oc1c(S(=O)(=O)NCCCCC(N)C(=O)O)c2ccc3c(O)cc(O)c4ccc(c1S(=O)(=O)NCCCCC(N)C(=O)O)c2c34. The quantitative estimate of drug-likeness (QED) is 0.0239. The summed E-state index contributed by atoms with van der Waals surface area (Å²) in [5.74, 6) is -5.14. The number of carbonyl (C=O) groups is 3. The first-order chi connectivity index (χ1) is 23.4. The molecule has 0 bridgehead atoms. The third kappa shape index (κ3) is 7.90. The molecule has 0 aliphatic rings. The highest BCUT2D eigenvalue weighted by Crippen LogP contribution is 2.49. The van der Waals surface area contributed by atoms with Gasteiger partial charge in [-0.25, -0.2) is 31.1 Å². The summed E-state index contributed by atoms with van der Waals surface area (Å²) in [7, 11) is -9.49. The summed E-state index contributed by atoms with van der Waals surface area (Å²) in [6.07, 6.45) is 0.859. The van der Waals surface area contributed by atoms with E-state index in [-0.39, 0.29) is 101 Å². The van der Waals surface area contributed by atoms with Gasteiger partial charge in [-0.15, -0.1) is 0 Å². The van der Waals surface area contributed by atoms with Crippen molar-refractivity contribution in [2.24, 2.45) is 11.5 Å². The van der Waals surface area contributed by atoms with Gasteiger partial charge >= 0.3 is 17.9 Å². The molecule has 50 heavy (non-hydrogen) atoms. The fourth-order valence-electron chi connectivity index (χ4n) is 5.52. The average molecular weight is 735 g/mol. The molecule has 0 heterocycles. The summed E-state index contributed by atoms with van der Waals surface area (Å²) < 4.78 is 67.0. The zero-order chi connectivity index (χ0) is 37.1. The van der Waals surface area contributed by atoms with Gasteiger partial charge in [0.15, 0.2) is 5.75 Å². The van der Waals surface area contributed by atoms with Gasteiger partial charge in [0.1, 0.15) is 33.4 Å². The van der Waals surface area contributed by atoms with E-state index in [1.807, 2.05) is 0 Å². The number of ether oxygens (including phenoxy) is 1. The predicted octanol–water partition coefficient (Wildman–Crippen LogP) is 2.20. The molecule has 4 rings (SSSR count). The number of carbonyl (C=O) groups excluding carboxylic acids is 1. The number of phenolic OH excluding ortho intramolecular Hbond substituents is 2. The number of carboxylic acids is 2. The lowest BCUT2D eigenvalue weighted by molar-refractivity contribution is -0.139. The fraction of sp³-hybridized carbons (Fsp3) is 0.344. The van der Waals surface area contributed by atoms with Crippen molar-refractivity contribution in [3.63, 3.8) is 0 Å². The van der Waals surface area contributed by atoms with Gasteiger partial charge in [-0.3, -0.25) is 9.59 Å². The van der Waals surface area contributed by atoms with Crippen LogP contribution in [0.2, 0.25) is 0 Å². The summed E-state index contributed by atoms with van der Waals surface area (Å²) in [5.41, 5.74) is 10.9. The second kappa shape index (κ2) is 15.1. The van der Waals surface area contributed by atoms with Crippen molar-refractivity contribution in [3.8, 4) is 17.2 Å². The summed E-state index contributed by atoms with van der Waals surface area (Å²) in [6, 6.07) is 4.17. The Morgan fingerprint density at radius 1 is 0.740 bits per heavy atom. The van der Waals surface area contributed by atoms with Crippen LogP contribution in [0.3, 0.4) is 0 Å².